The first-order valence-electron chi connectivity index (χ1n) is 23.2. The first-order valence-corrected chi connectivity index (χ1v) is 23.2. The molecule has 2 atom stereocenters. The van der Waals surface area contributed by atoms with Gasteiger partial charge in [0.1, 0.15) is 6.17 Å². The molecule has 0 amide bonds. The van der Waals surface area contributed by atoms with E-state index in [1.54, 1.807) is 0 Å². The number of rotatable bonds is 6. The molecule has 13 rings (SSSR count). The van der Waals surface area contributed by atoms with Gasteiger partial charge in [0.15, 0.2) is 0 Å². The van der Waals surface area contributed by atoms with Gasteiger partial charge in [-0.3, -0.25) is 5.32 Å². The van der Waals surface area contributed by atoms with Crippen LogP contribution in [-0.2, 0) is 5.41 Å². The summed E-state index contributed by atoms with van der Waals surface area (Å²) >= 11 is 0. The second-order valence-corrected chi connectivity index (χ2v) is 18.5. The number of nitrogens with zero attached hydrogens (tertiary/aromatic N) is 1. The van der Waals surface area contributed by atoms with E-state index < -0.39 is 0 Å². The number of fused-ring (bicyclic) bond motifs is 12. The summed E-state index contributed by atoms with van der Waals surface area (Å²) in [4.78, 5) is 0. The van der Waals surface area contributed by atoms with E-state index in [4.69, 9.17) is 0 Å². The fourth-order valence-corrected chi connectivity index (χ4v) is 11.4. The van der Waals surface area contributed by atoms with E-state index in [1.165, 1.54) is 99.0 Å². The molecule has 314 valence electrons. The molecule has 66 heavy (non-hydrogen) atoms. The summed E-state index contributed by atoms with van der Waals surface area (Å²) in [7, 11) is 0. The second-order valence-electron chi connectivity index (χ2n) is 18.5. The summed E-state index contributed by atoms with van der Waals surface area (Å²) < 4.78 is 2.55. The Morgan fingerprint density at radius 2 is 1.02 bits per heavy atom. The molecule has 0 fully saturated rings. The van der Waals surface area contributed by atoms with E-state index in [0.717, 1.165) is 16.9 Å². The zero-order valence-corrected chi connectivity index (χ0v) is 37.0. The lowest BCUT2D eigenvalue weighted by Crippen LogP contribution is -2.39. The van der Waals surface area contributed by atoms with Gasteiger partial charge in [0.05, 0.1) is 17.1 Å². The molecule has 0 spiro atoms. The lowest BCUT2D eigenvalue weighted by molar-refractivity contribution is 0.443. The summed E-state index contributed by atoms with van der Waals surface area (Å²) in [5.41, 5.74) is 18.4. The molecule has 0 saturated carbocycles. The molecule has 2 unspecified atom stereocenters. The molecule has 0 saturated heterocycles. The summed E-state index contributed by atoms with van der Waals surface area (Å²) in [5, 5.41) is 15.6. The van der Waals surface area contributed by atoms with Gasteiger partial charge in [-0.05, 0) is 113 Å². The van der Waals surface area contributed by atoms with Crippen LogP contribution in [-0.4, -0.2) is 4.57 Å². The lowest BCUT2D eigenvalue weighted by atomic mass is 9.78. The van der Waals surface area contributed by atoms with Crippen LogP contribution in [0.25, 0.3) is 88.1 Å². The Balaban J connectivity index is 0.936. The van der Waals surface area contributed by atoms with Crippen LogP contribution in [0.5, 0.6) is 0 Å². The highest BCUT2D eigenvalue weighted by Crippen LogP contribution is 2.57. The van der Waals surface area contributed by atoms with Crippen molar-refractivity contribution in [1.29, 1.82) is 0 Å². The van der Waals surface area contributed by atoms with Crippen molar-refractivity contribution < 1.29 is 0 Å². The number of para-hydroxylation sites is 1. The van der Waals surface area contributed by atoms with Crippen LogP contribution in [0.4, 0.5) is 0 Å². The van der Waals surface area contributed by atoms with E-state index in [1.807, 2.05) is 0 Å². The fraction of sp³-hybridized carbons (Fsp3) is 0.0794. The van der Waals surface area contributed by atoms with Gasteiger partial charge in [-0.1, -0.05) is 208 Å². The van der Waals surface area contributed by atoms with Crippen LogP contribution in [0.15, 0.2) is 224 Å². The fourth-order valence-electron chi connectivity index (χ4n) is 11.4. The summed E-state index contributed by atoms with van der Waals surface area (Å²) in [6, 6.07) is 80.2. The molecule has 3 heteroatoms. The maximum Gasteiger partial charge on any atom is 0.104 e. The quantitative estimate of drug-likeness (QED) is 0.163. The third-order valence-corrected chi connectivity index (χ3v) is 14.4. The molecular weight excluding hydrogens is 799 g/mol. The van der Waals surface area contributed by atoms with Crippen molar-refractivity contribution in [3.05, 3.63) is 252 Å². The summed E-state index contributed by atoms with van der Waals surface area (Å²) in [5.74, 6) is 0. The van der Waals surface area contributed by atoms with Crippen LogP contribution in [0, 0.1) is 0 Å². The molecule has 0 radical (unpaired) electrons. The number of aromatic nitrogens is 1. The molecule has 10 aromatic carbocycles. The zero-order chi connectivity index (χ0) is 43.9. The average Bonchev–Trinajstić information content (AvgIpc) is 3.85. The first-order chi connectivity index (χ1) is 32.5. The maximum absolute atomic E-state index is 3.90. The molecule has 3 nitrogen and oxygen atoms in total. The summed E-state index contributed by atoms with van der Waals surface area (Å²) in [6.45, 7) is 4.89. The number of hydrogen-bond acceptors (Lipinski definition) is 2. The van der Waals surface area contributed by atoms with Crippen LogP contribution in [0.2, 0.25) is 0 Å². The van der Waals surface area contributed by atoms with Crippen molar-refractivity contribution in [3.8, 4) is 39.1 Å². The Hall–Kier alpha value is -7.98. The topological polar surface area (TPSA) is 29.0 Å². The molecule has 2 N–H and O–H groups in total. The predicted molar refractivity (Wildman–Crippen MR) is 277 cm³/mol. The number of nitrogens with one attached hydrogen (secondary N) is 2. The monoisotopic (exact) mass is 845 g/mol. The predicted octanol–water partition coefficient (Wildman–Crippen LogP) is 15.7. The minimum atomic E-state index is -0.263. The number of benzene rings is 10. The largest absolute Gasteiger partial charge is 0.366 e. The van der Waals surface area contributed by atoms with Gasteiger partial charge in [-0.15, -0.1) is 0 Å². The van der Waals surface area contributed by atoms with E-state index in [9.17, 15) is 0 Å². The maximum atomic E-state index is 3.90. The van der Waals surface area contributed by atoms with Crippen LogP contribution < -0.4 is 10.6 Å². The van der Waals surface area contributed by atoms with Gasteiger partial charge < -0.3 is 9.88 Å². The van der Waals surface area contributed by atoms with Gasteiger partial charge in [-0.25, -0.2) is 0 Å². The molecule has 1 aliphatic heterocycles. The molecule has 2 aliphatic rings. The molecule has 11 aromatic rings. The SMILES string of the molecule is CC1(C)c2c(c3ccccc3c3ccccc23)-c2ccc3c4ccccc4n(-c4cccc(-c5cccc(C6=CC(c7ccc(-c8ccccc8)cc7)NC(c7ccccc7)N6)c5)c4)c3c21. The Morgan fingerprint density at radius 3 is 1.79 bits per heavy atom. The molecule has 1 aromatic heterocycles. The van der Waals surface area contributed by atoms with Crippen LogP contribution >= 0.6 is 0 Å². The van der Waals surface area contributed by atoms with Crippen LogP contribution in [0.3, 0.4) is 0 Å². The van der Waals surface area contributed by atoms with Crippen molar-refractivity contribution in [2.75, 3.05) is 0 Å². The minimum Gasteiger partial charge on any atom is -0.366 e. The smallest absolute Gasteiger partial charge is 0.104 e. The first kappa shape index (κ1) is 38.5. The van der Waals surface area contributed by atoms with Crippen molar-refractivity contribution >= 4 is 49.0 Å². The Morgan fingerprint density at radius 1 is 0.424 bits per heavy atom. The van der Waals surface area contributed by atoms with Gasteiger partial charge in [0.25, 0.3) is 0 Å². The van der Waals surface area contributed by atoms with E-state index in [2.05, 4.69) is 254 Å². The molecule has 2 heterocycles. The Bertz CT molecular complexity index is 3730. The molecule has 0 bridgehead atoms. The standard InChI is InChI=1S/C63H47N3/c1-63(2)59-52-29-12-10-26-49(52)48-25-9-11-28-51(48)58(59)54-36-35-53-50-27-13-14-30-57(50)66(61(53)60(54)63)47-24-16-22-45(38-47)44-21-15-23-46(37-44)56-39-55(64-62(65-56)43-19-7-4-8-20-43)42-33-31-41(32-34-42)40-17-5-3-6-18-40/h3-39,55,62,64-65H,1-2H3. The van der Waals surface area contributed by atoms with Crippen molar-refractivity contribution in [3.63, 3.8) is 0 Å². The zero-order valence-electron chi connectivity index (χ0n) is 37.0. The van der Waals surface area contributed by atoms with E-state index in [-0.39, 0.29) is 17.6 Å². The van der Waals surface area contributed by atoms with E-state index in [0.29, 0.717) is 0 Å². The number of hydrogen-bond donors (Lipinski definition) is 2. The van der Waals surface area contributed by atoms with Gasteiger partial charge in [-0.2, -0.15) is 0 Å². The second kappa shape index (κ2) is 15.1. The lowest BCUT2D eigenvalue weighted by Gasteiger charge is -2.33. The Labute approximate surface area is 385 Å². The third-order valence-electron chi connectivity index (χ3n) is 14.4. The average molecular weight is 846 g/mol. The van der Waals surface area contributed by atoms with Crippen LogP contribution in [0.1, 0.15) is 53.9 Å². The highest BCUT2D eigenvalue weighted by molar-refractivity contribution is 6.21. The van der Waals surface area contributed by atoms with E-state index >= 15 is 0 Å². The van der Waals surface area contributed by atoms with Gasteiger partial charge >= 0.3 is 0 Å². The van der Waals surface area contributed by atoms with Crippen molar-refractivity contribution in [1.82, 2.24) is 15.2 Å². The molecular formula is C63H47N3. The van der Waals surface area contributed by atoms with Crippen molar-refractivity contribution in [2.45, 2.75) is 31.5 Å². The molecule has 1 aliphatic carbocycles. The normalized spacial score (nSPS) is 16.3. The minimum absolute atomic E-state index is 0.00617. The Kier molecular flexibility index (Phi) is 8.78. The van der Waals surface area contributed by atoms with Gasteiger partial charge in [0, 0.05) is 27.6 Å². The third kappa shape index (κ3) is 6.01. The highest BCUT2D eigenvalue weighted by Gasteiger charge is 2.41. The van der Waals surface area contributed by atoms with Gasteiger partial charge in [0.2, 0.25) is 0 Å². The van der Waals surface area contributed by atoms with Crippen molar-refractivity contribution in [2.24, 2.45) is 0 Å². The summed E-state index contributed by atoms with van der Waals surface area (Å²) in [6.07, 6.45) is 2.28. The highest BCUT2D eigenvalue weighted by atomic mass is 15.2.